The molecule has 2 heterocycles. The molecule has 0 spiro atoms. The number of pyridine rings is 1. The molecule has 24 heavy (non-hydrogen) atoms. The second-order valence-electron chi connectivity index (χ2n) is 5.12. The van der Waals surface area contributed by atoms with E-state index in [1.807, 2.05) is 36.4 Å². The number of ether oxygens (including phenoxy) is 1. The van der Waals surface area contributed by atoms with Crippen LogP contribution >= 0.6 is 11.3 Å². The summed E-state index contributed by atoms with van der Waals surface area (Å²) in [6.07, 6.45) is 1.61. The zero-order chi connectivity index (χ0) is 17.1. The maximum Gasteiger partial charge on any atom is 0.350 e. The number of aryl methyl sites for hydroxylation is 1. The van der Waals surface area contributed by atoms with Gasteiger partial charge >= 0.3 is 5.97 Å². The molecule has 0 aliphatic rings. The average Bonchev–Trinajstić information content (AvgIpc) is 2.97. The summed E-state index contributed by atoms with van der Waals surface area (Å²) in [5, 5.41) is 0.510. The van der Waals surface area contributed by atoms with Crippen LogP contribution in [0.5, 0.6) is 0 Å². The van der Waals surface area contributed by atoms with Crippen molar-refractivity contribution in [2.45, 2.75) is 13.8 Å². The number of carbonyl (C=O) groups excluding carboxylic acids is 1. The predicted molar refractivity (Wildman–Crippen MR) is 94.3 cm³/mol. The maximum absolute atomic E-state index is 12.4. The Hall–Kier alpha value is -2.73. The number of aromatic amines is 1. The largest absolute Gasteiger partial charge is 0.462 e. The Morgan fingerprint density at radius 2 is 2.00 bits per heavy atom. The number of thiazole rings is 1. The van der Waals surface area contributed by atoms with Crippen LogP contribution in [-0.4, -0.2) is 22.5 Å². The number of aromatic nitrogens is 2. The highest BCUT2D eigenvalue weighted by Crippen LogP contribution is 2.33. The van der Waals surface area contributed by atoms with E-state index in [2.05, 4.69) is 9.97 Å². The molecule has 5 nitrogen and oxygen atoms in total. The zero-order valence-electron chi connectivity index (χ0n) is 13.3. The van der Waals surface area contributed by atoms with E-state index in [1.165, 1.54) is 11.3 Å². The first kappa shape index (κ1) is 16.1. The van der Waals surface area contributed by atoms with Crippen LogP contribution in [0, 0.1) is 6.92 Å². The van der Waals surface area contributed by atoms with Gasteiger partial charge in [-0.15, -0.1) is 11.3 Å². The van der Waals surface area contributed by atoms with Crippen molar-refractivity contribution in [3.63, 3.8) is 0 Å². The number of hydrogen-bond donors (Lipinski definition) is 1. The molecule has 0 aliphatic carbocycles. The normalized spacial score (nSPS) is 10.6. The minimum absolute atomic E-state index is 0.236. The minimum atomic E-state index is -0.410. The van der Waals surface area contributed by atoms with Crippen molar-refractivity contribution in [3.8, 4) is 21.7 Å². The third-order valence-electron chi connectivity index (χ3n) is 3.52. The fraction of sp³-hybridized carbons (Fsp3) is 0.167. The summed E-state index contributed by atoms with van der Waals surface area (Å²) >= 11 is 1.18. The summed E-state index contributed by atoms with van der Waals surface area (Å²) < 4.78 is 5.05. The van der Waals surface area contributed by atoms with Crippen LogP contribution in [0.1, 0.15) is 22.3 Å². The van der Waals surface area contributed by atoms with Crippen LogP contribution in [0.4, 0.5) is 0 Å². The molecule has 3 rings (SSSR count). The summed E-state index contributed by atoms with van der Waals surface area (Å²) in [7, 11) is 0. The van der Waals surface area contributed by atoms with Crippen molar-refractivity contribution in [2.24, 2.45) is 0 Å². The van der Waals surface area contributed by atoms with Crippen LogP contribution in [0.15, 0.2) is 47.4 Å². The van der Waals surface area contributed by atoms with Crippen LogP contribution in [0.3, 0.4) is 0 Å². The van der Waals surface area contributed by atoms with Gasteiger partial charge in [0.15, 0.2) is 0 Å². The molecule has 122 valence electrons. The van der Waals surface area contributed by atoms with Gasteiger partial charge in [-0.05, 0) is 31.0 Å². The predicted octanol–water partition coefficient (Wildman–Crippen LogP) is 3.65. The Labute approximate surface area is 143 Å². The molecule has 6 heteroatoms. The van der Waals surface area contributed by atoms with Gasteiger partial charge in [-0.2, -0.15) is 0 Å². The quantitative estimate of drug-likeness (QED) is 0.736. The average molecular weight is 340 g/mol. The van der Waals surface area contributed by atoms with Gasteiger partial charge < -0.3 is 9.72 Å². The monoisotopic (exact) mass is 340 g/mol. The van der Waals surface area contributed by atoms with Gasteiger partial charge in [0.05, 0.1) is 17.9 Å². The second-order valence-corrected chi connectivity index (χ2v) is 6.11. The van der Waals surface area contributed by atoms with E-state index in [0.717, 1.165) is 11.1 Å². The molecule has 3 aromatic rings. The topological polar surface area (TPSA) is 72.1 Å². The molecular weight excluding hydrogens is 324 g/mol. The number of hydrogen-bond acceptors (Lipinski definition) is 5. The Balaban J connectivity index is 2.16. The summed E-state index contributed by atoms with van der Waals surface area (Å²) in [6, 6.07) is 11.5. The molecule has 0 fully saturated rings. The van der Waals surface area contributed by atoms with Gasteiger partial charge in [-0.25, -0.2) is 9.78 Å². The van der Waals surface area contributed by atoms with Crippen LogP contribution in [-0.2, 0) is 4.74 Å². The first-order chi connectivity index (χ1) is 11.6. The number of nitrogens with one attached hydrogen (secondary N) is 1. The molecule has 1 aromatic carbocycles. The van der Waals surface area contributed by atoms with Gasteiger partial charge in [0.1, 0.15) is 9.88 Å². The number of carbonyl (C=O) groups is 1. The molecule has 0 unspecified atom stereocenters. The SMILES string of the molecule is CCOC(=O)c1sc(-c2c(-c3ccccc3)cc[nH]c2=O)nc1C. The highest BCUT2D eigenvalue weighted by molar-refractivity contribution is 7.17. The van der Waals surface area contributed by atoms with E-state index in [9.17, 15) is 9.59 Å². The van der Waals surface area contributed by atoms with E-state index in [-0.39, 0.29) is 5.56 Å². The van der Waals surface area contributed by atoms with Crippen LogP contribution in [0.2, 0.25) is 0 Å². The van der Waals surface area contributed by atoms with Gasteiger partial charge in [-0.1, -0.05) is 30.3 Å². The van der Waals surface area contributed by atoms with Crippen molar-refractivity contribution in [2.75, 3.05) is 6.61 Å². The fourth-order valence-corrected chi connectivity index (χ4v) is 3.45. The van der Waals surface area contributed by atoms with Gasteiger partial charge in [0.25, 0.3) is 5.56 Å². The zero-order valence-corrected chi connectivity index (χ0v) is 14.1. The van der Waals surface area contributed by atoms with E-state index < -0.39 is 5.97 Å². The molecule has 2 aromatic heterocycles. The third kappa shape index (κ3) is 3.00. The molecule has 1 N–H and O–H groups in total. The lowest BCUT2D eigenvalue weighted by molar-refractivity contribution is 0.0531. The summed E-state index contributed by atoms with van der Waals surface area (Å²) in [6.45, 7) is 3.79. The van der Waals surface area contributed by atoms with Crippen molar-refractivity contribution in [1.29, 1.82) is 0 Å². The molecule has 0 atom stereocenters. The molecule has 0 bridgehead atoms. The van der Waals surface area contributed by atoms with Crippen molar-refractivity contribution < 1.29 is 9.53 Å². The van der Waals surface area contributed by atoms with Gasteiger partial charge in [0, 0.05) is 6.20 Å². The van der Waals surface area contributed by atoms with Crippen molar-refractivity contribution in [1.82, 2.24) is 9.97 Å². The third-order valence-corrected chi connectivity index (χ3v) is 4.67. The van der Waals surface area contributed by atoms with E-state index >= 15 is 0 Å². The Morgan fingerprint density at radius 3 is 2.71 bits per heavy atom. The maximum atomic E-state index is 12.4. The second kappa shape index (κ2) is 6.80. The van der Waals surface area contributed by atoms with Crippen LogP contribution in [0.25, 0.3) is 21.7 Å². The molecule has 0 saturated heterocycles. The summed E-state index contributed by atoms with van der Waals surface area (Å²) in [4.78, 5) is 32.0. The van der Waals surface area contributed by atoms with E-state index in [1.54, 1.807) is 20.0 Å². The Kier molecular flexibility index (Phi) is 4.57. The van der Waals surface area contributed by atoms with Gasteiger partial charge in [0.2, 0.25) is 0 Å². The summed E-state index contributed by atoms with van der Waals surface area (Å²) in [5.74, 6) is -0.410. The number of H-pyrrole nitrogens is 1. The molecule has 0 radical (unpaired) electrons. The molecule has 0 amide bonds. The first-order valence-electron chi connectivity index (χ1n) is 7.53. The van der Waals surface area contributed by atoms with E-state index in [0.29, 0.717) is 27.7 Å². The molecular formula is C18H16N2O3S. The van der Waals surface area contributed by atoms with Crippen molar-refractivity contribution >= 4 is 17.3 Å². The Bertz CT molecular complexity index is 929. The Morgan fingerprint density at radius 1 is 1.25 bits per heavy atom. The van der Waals surface area contributed by atoms with Crippen molar-refractivity contribution in [3.05, 3.63) is 63.5 Å². The standard InChI is InChI=1S/C18H16N2O3S/c1-3-23-18(22)15-11(2)20-17(24-15)14-13(9-10-19-16(14)21)12-7-5-4-6-8-12/h4-10H,3H2,1-2H3,(H,19,21). The van der Waals surface area contributed by atoms with Gasteiger partial charge in [-0.3, -0.25) is 4.79 Å². The number of benzene rings is 1. The van der Waals surface area contributed by atoms with Crippen LogP contribution < -0.4 is 5.56 Å². The first-order valence-corrected chi connectivity index (χ1v) is 8.35. The lowest BCUT2D eigenvalue weighted by Crippen LogP contribution is -2.09. The number of esters is 1. The lowest BCUT2D eigenvalue weighted by atomic mass is 10.0. The lowest BCUT2D eigenvalue weighted by Gasteiger charge is -2.06. The number of rotatable bonds is 4. The molecule has 0 aliphatic heterocycles. The molecule has 0 saturated carbocycles. The highest BCUT2D eigenvalue weighted by atomic mass is 32.1. The highest BCUT2D eigenvalue weighted by Gasteiger charge is 2.21. The number of nitrogens with zero attached hydrogens (tertiary/aromatic N) is 1. The summed E-state index contributed by atoms with van der Waals surface area (Å²) in [5.41, 5.74) is 2.50. The van der Waals surface area contributed by atoms with E-state index in [4.69, 9.17) is 4.74 Å². The smallest absolute Gasteiger partial charge is 0.350 e. The fourth-order valence-electron chi connectivity index (χ4n) is 2.44. The minimum Gasteiger partial charge on any atom is -0.462 e.